The van der Waals surface area contributed by atoms with E-state index in [0.717, 1.165) is 0 Å². The molecule has 0 aliphatic rings. The number of phenolic OH excluding ortho intramolecular Hbond substituents is 1. The van der Waals surface area contributed by atoms with Crippen LogP contribution in [0.4, 0.5) is 0 Å². The number of hydrogen-bond acceptors (Lipinski definition) is 8. The van der Waals surface area contributed by atoms with E-state index in [4.69, 9.17) is 5.73 Å². The van der Waals surface area contributed by atoms with Crippen molar-refractivity contribution in [3.05, 3.63) is 29.8 Å². The van der Waals surface area contributed by atoms with Crippen molar-refractivity contribution in [3.63, 3.8) is 0 Å². The highest BCUT2D eigenvalue weighted by molar-refractivity contribution is 7.98. The highest BCUT2D eigenvalue weighted by atomic mass is 32.2. The molecule has 0 saturated carbocycles. The lowest BCUT2D eigenvalue weighted by atomic mass is 9.99. The van der Waals surface area contributed by atoms with E-state index in [1.807, 2.05) is 13.2 Å². The zero-order valence-electron chi connectivity index (χ0n) is 21.1. The predicted molar refractivity (Wildman–Crippen MR) is 138 cm³/mol. The molecule has 37 heavy (non-hydrogen) atoms. The number of carbonyl (C=O) groups is 5. The molecule has 0 aliphatic heterocycles. The average molecular weight is 541 g/mol. The number of aromatic hydroxyl groups is 1. The van der Waals surface area contributed by atoms with Gasteiger partial charge in [-0.1, -0.05) is 32.4 Å². The van der Waals surface area contributed by atoms with Gasteiger partial charge in [0.05, 0.1) is 12.5 Å². The average Bonchev–Trinajstić information content (AvgIpc) is 2.85. The van der Waals surface area contributed by atoms with Gasteiger partial charge in [0.1, 0.15) is 23.9 Å². The molecule has 0 heterocycles. The van der Waals surface area contributed by atoms with Crippen LogP contribution in [0.2, 0.25) is 0 Å². The van der Waals surface area contributed by atoms with Gasteiger partial charge in [-0.25, -0.2) is 4.79 Å². The Morgan fingerprint density at radius 3 is 1.97 bits per heavy atom. The third kappa shape index (κ3) is 11.1. The Morgan fingerprint density at radius 1 is 0.919 bits per heavy atom. The molecule has 0 bridgehead atoms. The highest BCUT2D eigenvalue weighted by Crippen LogP contribution is 2.12. The molecule has 5 atom stereocenters. The van der Waals surface area contributed by atoms with Crippen LogP contribution >= 0.6 is 11.8 Å². The topological polar surface area (TPSA) is 208 Å². The molecule has 0 saturated heterocycles. The summed E-state index contributed by atoms with van der Waals surface area (Å²) in [5, 5.41) is 35.4. The van der Waals surface area contributed by atoms with Crippen molar-refractivity contribution in [1.29, 1.82) is 0 Å². The molecule has 3 amide bonds. The van der Waals surface area contributed by atoms with Crippen LogP contribution in [0.15, 0.2) is 24.3 Å². The first-order valence-corrected chi connectivity index (χ1v) is 13.2. The van der Waals surface area contributed by atoms with Gasteiger partial charge in [-0.05, 0) is 42.0 Å². The molecular formula is C24H36N4O8S. The van der Waals surface area contributed by atoms with Gasteiger partial charge in [-0.2, -0.15) is 11.8 Å². The van der Waals surface area contributed by atoms with E-state index in [1.54, 1.807) is 6.92 Å². The van der Waals surface area contributed by atoms with Gasteiger partial charge < -0.3 is 37.0 Å². The Balaban J connectivity index is 3.02. The first-order valence-electron chi connectivity index (χ1n) is 11.8. The first-order chi connectivity index (χ1) is 17.4. The minimum absolute atomic E-state index is 0.0166. The van der Waals surface area contributed by atoms with Crippen molar-refractivity contribution in [1.82, 2.24) is 16.0 Å². The second kappa shape index (κ2) is 15.7. The Kier molecular flexibility index (Phi) is 13.5. The summed E-state index contributed by atoms with van der Waals surface area (Å²) in [6, 6.07) is 0.734. The van der Waals surface area contributed by atoms with Crippen LogP contribution in [0.5, 0.6) is 5.75 Å². The summed E-state index contributed by atoms with van der Waals surface area (Å²) in [4.78, 5) is 61.5. The van der Waals surface area contributed by atoms with Gasteiger partial charge in [-0.3, -0.25) is 19.2 Å². The second-order valence-corrected chi connectivity index (χ2v) is 9.67. The van der Waals surface area contributed by atoms with Crippen molar-refractivity contribution >= 4 is 41.4 Å². The number of carboxylic acid groups (broad SMARTS) is 2. The number of aliphatic carboxylic acids is 2. The van der Waals surface area contributed by atoms with Crippen LogP contribution in [0.25, 0.3) is 0 Å². The molecule has 1 rings (SSSR count). The van der Waals surface area contributed by atoms with Crippen molar-refractivity contribution < 1.29 is 39.3 Å². The summed E-state index contributed by atoms with van der Waals surface area (Å²) >= 11 is 1.43. The minimum Gasteiger partial charge on any atom is -0.508 e. The number of nitrogens with two attached hydrogens (primary N) is 1. The molecule has 12 nitrogen and oxygen atoms in total. The van der Waals surface area contributed by atoms with Gasteiger partial charge in [-0.15, -0.1) is 0 Å². The van der Waals surface area contributed by atoms with Gasteiger partial charge in [0.15, 0.2) is 0 Å². The Bertz CT molecular complexity index is 943. The van der Waals surface area contributed by atoms with Crippen LogP contribution in [-0.4, -0.2) is 81.2 Å². The zero-order chi connectivity index (χ0) is 28.1. The summed E-state index contributed by atoms with van der Waals surface area (Å²) < 4.78 is 0. The van der Waals surface area contributed by atoms with Crippen molar-refractivity contribution in [2.75, 3.05) is 12.0 Å². The van der Waals surface area contributed by atoms with Crippen molar-refractivity contribution in [2.45, 2.75) is 63.7 Å². The molecule has 1 aromatic carbocycles. The maximum atomic E-state index is 13.0. The SMILES string of the molecule is CCC(C)C(N)C(=O)NC(CCSC)C(=O)NC(CC(=O)O)C(=O)NC(Cc1ccc(O)cc1)C(=O)O. The second-order valence-electron chi connectivity index (χ2n) is 8.68. The summed E-state index contributed by atoms with van der Waals surface area (Å²) in [5.74, 6) is -4.78. The number of nitrogens with one attached hydrogen (secondary N) is 3. The first kappa shape index (κ1) is 31.7. The number of carbonyl (C=O) groups excluding carboxylic acids is 3. The molecule has 0 radical (unpaired) electrons. The van der Waals surface area contributed by atoms with E-state index >= 15 is 0 Å². The van der Waals surface area contributed by atoms with Gasteiger partial charge in [0.2, 0.25) is 17.7 Å². The monoisotopic (exact) mass is 540 g/mol. The fourth-order valence-corrected chi connectivity index (χ4v) is 3.75. The lowest BCUT2D eigenvalue weighted by molar-refractivity contribution is -0.143. The molecule has 5 unspecified atom stereocenters. The number of rotatable bonds is 16. The normalized spacial score (nSPS) is 14.9. The lowest BCUT2D eigenvalue weighted by Crippen LogP contribution is -2.58. The largest absolute Gasteiger partial charge is 0.508 e. The van der Waals surface area contributed by atoms with E-state index < -0.39 is 60.2 Å². The summed E-state index contributed by atoms with van der Waals surface area (Å²) in [5.41, 5.74) is 6.46. The quantitative estimate of drug-likeness (QED) is 0.150. The number of hydrogen-bond donors (Lipinski definition) is 7. The highest BCUT2D eigenvalue weighted by Gasteiger charge is 2.32. The van der Waals surface area contributed by atoms with Gasteiger partial charge in [0, 0.05) is 6.42 Å². The fourth-order valence-electron chi connectivity index (χ4n) is 3.28. The van der Waals surface area contributed by atoms with E-state index in [0.29, 0.717) is 17.7 Å². The molecular weight excluding hydrogens is 504 g/mol. The van der Waals surface area contributed by atoms with E-state index in [9.17, 15) is 39.3 Å². The molecule has 0 aromatic heterocycles. The van der Waals surface area contributed by atoms with Crippen LogP contribution in [0.1, 0.15) is 38.7 Å². The summed E-state index contributed by atoms with van der Waals surface area (Å²) in [6.45, 7) is 3.67. The number of amides is 3. The van der Waals surface area contributed by atoms with Gasteiger partial charge >= 0.3 is 11.9 Å². The molecule has 1 aromatic rings. The van der Waals surface area contributed by atoms with Crippen LogP contribution in [-0.2, 0) is 30.4 Å². The fraction of sp³-hybridized carbons (Fsp3) is 0.542. The molecule has 0 aliphatic carbocycles. The standard InChI is InChI=1S/C24H36N4O8S/c1-4-13(2)20(25)23(34)26-16(9-10-37-3)21(32)27-17(12-19(30)31)22(33)28-18(24(35)36)11-14-5-7-15(29)8-6-14/h5-8,13,16-18,20,29H,4,9-12,25H2,1-3H3,(H,26,34)(H,27,32)(H,28,33)(H,30,31)(H,35,36). The number of thioether (sulfide) groups is 1. The van der Waals surface area contributed by atoms with E-state index in [2.05, 4.69) is 16.0 Å². The molecule has 206 valence electrons. The van der Waals surface area contributed by atoms with Crippen LogP contribution in [0, 0.1) is 5.92 Å². The zero-order valence-corrected chi connectivity index (χ0v) is 21.9. The van der Waals surface area contributed by atoms with Crippen LogP contribution in [0.3, 0.4) is 0 Å². The summed E-state index contributed by atoms with van der Waals surface area (Å²) in [6.07, 6.45) is 1.70. The molecule has 0 spiro atoms. The smallest absolute Gasteiger partial charge is 0.326 e. The summed E-state index contributed by atoms with van der Waals surface area (Å²) in [7, 11) is 0. The van der Waals surface area contributed by atoms with Gasteiger partial charge in [0.25, 0.3) is 0 Å². The maximum absolute atomic E-state index is 13.0. The third-order valence-electron chi connectivity index (χ3n) is 5.81. The third-order valence-corrected chi connectivity index (χ3v) is 6.45. The minimum atomic E-state index is -1.59. The maximum Gasteiger partial charge on any atom is 0.326 e. The van der Waals surface area contributed by atoms with Crippen LogP contribution < -0.4 is 21.7 Å². The van der Waals surface area contributed by atoms with E-state index in [-0.39, 0.29) is 24.5 Å². The van der Waals surface area contributed by atoms with Crippen molar-refractivity contribution in [2.24, 2.45) is 11.7 Å². The lowest BCUT2D eigenvalue weighted by Gasteiger charge is -2.25. The molecule has 13 heteroatoms. The van der Waals surface area contributed by atoms with Crippen molar-refractivity contribution in [3.8, 4) is 5.75 Å². The Labute approximate surface area is 219 Å². The number of carboxylic acids is 2. The Morgan fingerprint density at radius 2 is 1.46 bits per heavy atom. The number of benzene rings is 1. The van der Waals surface area contributed by atoms with E-state index in [1.165, 1.54) is 36.0 Å². The number of phenols is 1. The predicted octanol–water partition coefficient (Wildman–Crippen LogP) is 0.0749. The molecule has 0 fully saturated rings. The Hall–Kier alpha value is -3.32. The molecule has 8 N–H and O–H groups in total.